The van der Waals surface area contributed by atoms with Gasteiger partial charge in [-0.25, -0.2) is 4.98 Å². The van der Waals surface area contributed by atoms with Gasteiger partial charge in [0.05, 0.1) is 0 Å². The molecular weight excluding hydrogens is 649 g/mol. The smallest absolute Gasteiger partial charge is 0.227 e. The number of benzene rings is 8. The van der Waals surface area contributed by atoms with E-state index < -0.39 is 0 Å². The fraction of sp³-hybridized carbons (Fsp3) is 0. The molecular formula is C49H32N2O2. The molecule has 4 nitrogen and oxygen atoms in total. The van der Waals surface area contributed by atoms with Gasteiger partial charge in [0.2, 0.25) is 5.89 Å². The first kappa shape index (κ1) is 30.6. The van der Waals surface area contributed by atoms with Gasteiger partial charge in [-0.05, 0) is 82.4 Å². The lowest BCUT2D eigenvalue weighted by molar-refractivity contribution is 0.617. The van der Waals surface area contributed by atoms with E-state index in [-0.39, 0.29) is 0 Å². The summed E-state index contributed by atoms with van der Waals surface area (Å²) in [6.45, 7) is 0. The van der Waals surface area contributed by atoms with Crippen molar-refractivity contribution in [2.45, 2.75) is 0 Å². The Morgan fingerprint density at radius 3 is 1.66 bits per heavy atom. The maximum atomic E-state index is 6.51. The van der Waals surface area contributed by atoms with E-state index in [0.29, 0.717) is 11.5 Å². The molecule has 8 aromatic carbocycles. The average molecular weight is 681 g/mol. The van der Waals surface area contributed by atoms with Crippen molar-refractivity contribution in [3.8, 4) is 44.8 Å². The molecule has 4 heteroatoms. The van der Waals surface area contributed by atoms with Gasteiger partial charge >= 0.3 is 0 Å². The number of anilines is 3. The fourth-order valence-electron chi connectivity index (χ4n) is 7.44. The second-order valence-electron chi connectivity index (χ2n) is 13.1. The molecule has 2 heterocycles. The predicted molar refractivity (Wildman–Crippen MR) is 218 cm³/mol. The van der Waals surface area contributed by atoms with Crippen molar-refractivity contribution in [1.29, 1.82) is 0 Å². The van der Waals surface area contributed by atoms with Crippen molar-refractivity contribution >= 4 is 50.1 Å². The molecule has 0 atom stereocenters. The van der Waals surface area contributed by atoms with Crippen molar-refractivity contribution in [2.24, 2.45) is 0 Å². The summed E-state index contributed by atoms with van der Waals surface area (Å²) in [5.41, 5.74) is 13.7. The number of fused-ring (bicyclic) bond motifs is 4. The Labute approximate surface area is 306 Å². The van der Waals surface area contributed by atoms with Crippen LogP contribution < -0.4 is 4.90 Å². The van der Waals surface area contributed by atoms with Crippen LogP contribution in [0.5, 0.6) is 0 Å². The molecule has 53 heavy (non-hydrogen) atoms. The highest BCUT2D eigenvalue weighted by Gasteiger charge is 2.24. The van der Waals surface area contributed by atoms with E-state index in [1.54, 1.807) is 0 Å². The first-order valence-electron chi connectivity index (χ1n) is 17.8. The third kappa shape index (κ3) is 5.45. The van der Waals surface area contributed by atoms with Gasteiger partial charge in [0.15, 0.2) is 5.58 Å². The molecule has 0 amide bonds. The number of furan rings is 1. The Balaban J connectivity index is 1.23. The van der Waals surface area contributed by atoms with Crippen LogP contribution in [0.1, 0.15) is 0 Å². The van der Waals surface area contributed by atoms with Crippen molar-refractivity contribution in [3.63, 3.8) is 0 Å². The van der Waals surface area contributed by atoms with Crippen LogP contribution in [0.3, 0.4) is 0 Å². The van der Waals surface area contributed by atoms with E-state index >= 15 is 0 Å². The molecule has 0 spiro atoms. The number of nitrogens with zero attached hydrogens (tertiary/aromatic N) is 2. The van der Waals surface area contributed by atoms with Crippen LogP contribution in [-0.4, -0.2) is 4.98 Å². The SMILES string of the molecule is c1ccc(-c2ccc(N(c3ccccc3)c3ccc(-c4c5nc(-c6ccccc6)oc5cc5oc6ccccc6c45)c(-c4ccccc4)c3)cc2)cc1. The first-order valence-corrected chi connectivity index (χ1v) is 17.8. The summed E-state index contributed by atoms with van der Waals surface area (Å²) >= 11 is 0. The number of rotatable bonds is 7. The zero-order chi connectivity index (χ0) is 35.1. The molecule has 0 saturated carbocycles. The molecule has 0 radical (unpaired) electrons. The van der Waals surface area contributed by atoms with E-state index in [1.807, 2.05) is 54.6 Å². The van der Waals surface area contributed by atoms with Crippen LogP contribution in [-0.2, 0) is 0 Å². The minimum absolute atomic E-state index is 0.575. The zero-order valence-electron chi connectivity index (χ0n) is 28.7. The lowest BCUT2D eigenvalue weighted by Gasteiger charge is -2.27. The average Bonchev–Trinajstić information content (AvgIpc) is 3.83. The molecule has 250 valence electrons. The summed E-state index contributed by atoms with van der Waals surface area (Å²) < 4.78 is 13.0. The third-order valence-corrected chi connectivity index (χ3v) is 9.91. The molecule has 10 aromatic rings. The van der Waals surface area contributed by atoms with Crippen LogP contribution >= 0.6 is 0 Å². The van der Waals surface area contributed by atoms with Gasteiger partial charge in [0.25, 0.3) is 0 Å². The van der Waals surface area contributed by atoms with E-state index in [1.165, 1.54) is 11.1 Å². The summed E-state index contributed by atoms with van der Waals surface area (Å²) in [6.07, 6.45) is 0. The highest BCUT2D eigenvalue weighted by Crippen LogP contribution is 2.47. The van der Waals surface area contributed by atoms with Gasteiger partial charge < -0.3 is 13.7 Å². The van der Waals surface area contributed by atoms with Crippen LogP contribution in [0.4, 0.5) is 17.1 Å². The minimum Gasteiger partial charge on any atom is -0.456 e. The van der Waals surface area contributed by atoms with Crippen molar-refractivity contribution in [2.75, 3.05) is 4.90 Å². The maximum absolute atomic E-state index is 6.51. The Kier molecular flexibility index (Phi) is 7.43. The lowest BCUT2D eigenvalue weighted by Crippen LogP contribution is -2.10. The largest absolute Gasteiger partial charge is 0.456 e. The minimum atomic E-state index is 0.575. The number of oxazole rings is 1. The van der Waals surface area contributed by atoms with Gasteiger partial charge in [-0.15, -0.1) is 0 Å². The molecule has 0 aliphatic heterocycles. The summed E-state index contributed by atoms with van der Waals surface area (Å²) in [6, 6.07) is 67.4. The molecule has 0 bridgehead atoms. The standard InChI is InChI=1S/C49H32N2O2/c1-5-15-33(16-6-1)34-25-27-38(28-26-34)51(37-21-11-4-12-22-37)39-29-30-40(42(31-39)35-17-7-2-8-18-35)47-46-41-23-13-14-24-43(41)52-44(46)32-45-48(47)50-49(53-45)36-19-9-3-10-20-36/h1-32H. The Morgan fingerprint density at radius 2 is 0.943 bits per heavy atom. The molecule has 2 aromatic heterocycles. The van der Waals surface area contributed by atoms with E-state index in [4.69, 9.17) is 13.8 Å². The van der Waals surface area contributed by atoms with Gasteiger partial charge in [0, 0.05) is 45.0 Å². The molecule has 10 rings (SSSR count). The van der Waals surface area contributed by atoms with Gasteiger partial charge in [-0.3, -0.25) is 0 Å². The second kappa shape index (κ2) is 12.9. The van der Waals surface area contributed by atoms with Crippen molar-refractivity contribution in [3.05, 3.63) is 194 Å². The normalized spacial score (nSPS) is 11.4. The van der Waals surface area contributed by atoms with Crippen molar-refractivity contribution in [1.82, 2.24) is 4.98 Å². The van der Waals surface area contributed by atoms with Gasteiger partial charge in [0.1, 0.15) is 16.7 Å². The number of aromatic nitrogens is 1. The molecule has 0 aliphatic rings. The Morgan fingerprint density at radius 1 is 0.377 bits per heavy atom. The Hall–Kier alpha value is -7.17. The van der Waals surface area contributed by atoms with Crippen LogP contribution in [0.25, 0.3) is 77.9 Å². The number of hydrogen-bond donors (Lipinski definition) is 0. The van der Waals surface area contributed by atoms with Crippen LogP contribution in [0.15, 0.2) is 203 Å². The maximum Gasteiger partial charge on any atom is 0.227 e. The second-order valence-corrected chi connectivity index (χ2v) is 13.1. The highest BCUT2D eigenvalue weighted by molar-refractivity contribution is 6.20. The lowest BCUT2D eigenvalue weighted by atomic mass is 9.90. The van der Waals surface area contributed by atoms with Gasteiger partial charge in [-0.1, -0.05) is 133 Å². The molecule has 0 fully saturated rings. The highest BCUT2D eigenvalue weighted by atomic mass is 16.4. The summed E-state index contributed by atoms with van der Waals surface area (Å²) in [7, 11) is 0. The molecule has 0 aliphatic carbocycles. The zero-order valence-corrected chi connectivity index (χ0v) is 28.7. The Bertz CT molecular complexity index is 2860. The molecule has 0 N–H and O–H groups in total. The summed E-state index contributed by atoms with van der Waals surface area (Å²) in [5.74, 6) is 0.575. The predicted octanol–water partition coefficient (Wildman–Crippen LogP) is 13.9. The monoisotopic (exact) mass is 680 g/mol. The summed E-state index contributed by atoms with van der Waals surface area (Å²) in [4.78, 5) is 7.52. The van der Waals surface area contributed by atoms with Gasteiger partial charge in [-0.2, -0.15) is 0 Å². The summed E-state index contributed by atoms with van der Waals surface area (Å²) in [5, 5.41) is 2.05. The number of hydrogen-bond acceptors (Lipinski definition) is 4. The van der Waals surface area contributed by atoms with E-state index in [0.717, 1.165) is 72.3 Å². The van der Waals surface area contributed by atoms with Crippen LogP contribution in [0, 0.1) is 0 Å². The molecule has 0 saturated heterocycles. The molecule has 0 unspecified atom stereocenters. The van der Waals surface area contributed by atoms with E-state index in [2.05, 4.69) is 144 Å². The fourth-order valence-corrected chi connectivity index (χ4v) is 7.44. The quantitative estimate of drug-likeness (QED) is 0.168. The van der Waals surface area contributed by atoms with Crippen molar-refractivity contribution < 1.29 is 8.83 Å². The van der Waals surface area contributed by atoms with E-state index in [9.17, 15) is 0 Å². The number of para-hydroxylation sites is 2. The third-order valence-electron chi connectivity index (χ3n) is 9.91. The first-order chi connectivity index (χ1) is 26.3. The topological polar surface area (TPSA) is 42.4 Å². The van der Waals surface area contributed by atoms with Crippen LogP contribution in [0.2, 0.25) is 0 Å².